The van der Waals surface area contributed by atoms with Crippen molar-refractivity contribution >= 4 is 5.91 Å². The van der Waals surface area contributed by atoms with Crippen molar-refractivity contribution in [3.05, 3.63) is 64.7 Å². The Kier molecular flexibility index (Phi) is 4.46. The molecular formula is C16H15N5O3. The minimum atomic E-state index is -0.363. The number of rotatable bonds is 5. The van der Waals surface area contributed by atoms with Gasteiger partial charge >= 0.3 is 0 Å². The molecule has 0 aliphatic carbocycles. The zero-order chi connectivity index (χ0) is 16.9. The number of nitrogens with zero attached hydrogens (tertiary/aromatic N) is 4. The van der Waals surface area contributed by atoms with Crippen LogP contribution in [-0.4, -0.2) is 25.7 Å². The van der Waals surface area contributed by atoms with Gasteiger partial charge in [0, 0.05) is 11.8 Å². The van der Waals surface area contributed by atoms with Gasteiger partial charge in [0.2, 0.25) is 5.91 Å². The first-order valence-electron chi connectivity index (χ1n) is 7.28. The van der Waals surface area contributed by atoms with Crippen molar-refractivity contribution in [2.24, 2.45) is 0 Å². The van der Waals surface area contributed by atoms with E-state index < -0.39 is 0 Å². The molecular weight excluding hydrogens is 310 g/mol. The van der Waals surface area contributed by atoms with E-state index >= 15 is 0 Å². The molecule has 1 amide bonds. The van der Waals surface area contributed by atoms with E-state index in [1.807, 2.05) is 6.92 Å². The Labute approximate surface area is 137 Å². The lowest BCUT2D eigenvalue weighted by molar-refractivity contribution is -0.122. The van der Waals surface area contributed by atoms with Crippen LogP contribution in [0.25, 0.3) is 11.5 Å². The zero-order valence-electron chi connectivity index (χ0n) is 13.0. The Bertz CT molecular complexity index is 902. The van der Waals surface area contributed by atoms with Crippen molar-refractivity contribution in [2.75, 3.05) is 0 Å². The number of aryl methyl sites for hydroxylation is 1. The van der Waals surface area contributed by atoms with Crippen molar-refractivity contribution in [3.8, 4) is 11.5 Å². The first kappa shape index (κ1) is 15.6. The van der Waals surface area contributed by atoms with Gasteiger partial charge in [0.05, 0.1) is 18.5 Å². The number of carbonyl (C=O) groups is 1. The molecule has 0 aromatic carbocycles. The van der Waals surface area contributed by atoms with Gasteiger partial charge in [-0.25, -0.2) is 14.6 Å². The van der Waals surface area contributed by atoms with Crippen molar-refractivity contribution in [2.45, 2.75) is 20.0 Å². The fourth-order valence-electron chi connectivity index (χ4n) is 2.11. The summed E-state index contributed by atoms with van der Waals surface area (Å²) < 4.78 is 6.34. The Hall–Kier alpha value is -3.29. The average Bonchev–Trinajstić information content (AvgIpc) is 3.10. The minimum absolute atomic E-state index is 0.183. The first-order chi connectivity index (χ1) is 11.6. The Morgan fingerprint density at radius 3 is 2.92 bits per heavy atom. The van der Waals surface area contributed by atoms with Crippen LogP contribution >= 0.6 is 0 Å². The number of aromatic nitrogens is 4. The summed E-state index contributed by atoms with van der Waals surface area (Å²) in [5.74, 6) is 0.193. The maximum absolute atomic E-state index is 12.0. The number of furan rings is 1. The highest BCUT2D eigenvalue weighted by molar-refractivity contribution is 5.75. The van der Waals surface area contributed by atoms with Gasteiger partial charge in [0.25, 0.3) is 5.56 Å². The summed E-state index contributed by atoms with van der Waals surface area (Å²) >= 11 is 0. The lowest BCUT2D eigenvalue weighted by atomic mass is 10.3. The number of hydrogen-bond donors (Lipinski definition) is 1. The molecule has 0 unspecified atom stereocenters. The van der Waals surface area contributed by atoms with Crippen LogP contribution in [0.15, 0.2) is 52.1 Å². The second-order valence-corrected chi connectivity index (χ2v) is 5.12. The number of hydrogen-bond acceptors (Lipinski definition) is 6. The molecule has 122 valence electrons. The van der Waals surface area contributed by atoms with Crippen molar-refractivity contribution in [1.82, 2.24) is 25.1 Å². The molecule has 24 heavy (non-hydrogen) atoms. The molecule has 8 heteroatoms. The molecule has 0 fully saturated rings. The second-order valence-electron chi connectivity index (χ2n) is 5.12. The number of amides is 1. The van der Waals surface area contributed by atoms with Gasteiger partial charge in [-0.2, -0.15) is 5.10 Å². The van der Waals surface area contributed by atoms with E-state index in [2.05, 4.69) is 20.4 Å². The third-order valence-electron chi connectivity index (χ3n) is 3.26. The summed E-state index contributed by atoms with van der Waals surface area (Å²) in [6.45, 7) is 1.92. The van der Waals surface area contributed by atoms with Gasteiger partial charge in [-0.15, -0.1) is 0 Å². The monoisotopic (exact) mass is 325 g/mol. The topological polar surface area (TPSA) is 103 Å². The quantitative estimate of drug-likeness (QED) is 0.748. The van der Waals surface area contributed by atoms with Gasteiger partial charge in [-0.05, 0) is 31.2 Å². The summed E-state index contributed by atoms with van der Waals surface area (Å²) in [6.07, 6.45) is 2.96. The van der Waals surface area contributed by atoms with Crippen LogP contribution in [-0.2, 0) is 17.9 Å². The lowest BCUT2D eigenvalue weighted by Crippen LogP contribution is -2.33. The third-order valence-corrected chi connectivity index (χ3v) is 3.26. The highest BCUT2D eigenvalue weighted by atomic mass is 16.3. The van der Waals surface area contributed by atoms with E-state index in [0.29, 0.717) is 17.1 Å². The summed E-state index contributed by atoms with van der Waals surface area (Å²) in [5, 5.41) is 6.85. The van der Waals surface area contributed by atoms with Crippen molar-refractivity contribution in [1.29, 1.82) is 0 Å². The van der Waals surface area contributed by atoms with Gasteiger partial charge in [-0.3, -0.25) is 9.59 Å². The van der Waals surface area contributed by atoms with E-state index in [1.54, 1.807) is 24.3 Å². The fraction of sp³-hybridized carbons (Fsp3) is 0.188. The summed E-state index contributed by atoms with van der Waals surface area (Å²) in [6, 6.07) is 8.14. The largest absolute Gasteiger partial charge is 0.463 e. The smallest absolute Gasteiger partial charge is 0.267 e. The summed E-state index contributed by atoms with van der Waals surface area (Å²) in [7, 11) is 0. The van der Waals surface area contributed by atoms with Crippen LogP contribution in [0.3, 0.4) is 0 Å². The summed E-state index contributed by atoms with van der Waals surface area (Å²) in [4.78, 5) is 32.0. The van der Waals surface area contributed by atoms with Crippen LogP contribution in [0.1, 0.15) is 11.4 Å². The molecule has 0 bridgehead atoms. The maximum Gasteiger partial charge on any atom is 0.267 e. The predicted octanol–water partition coefficient (Wildman–Crippen LogP) is 0.918. The Morgan fingerprint density at radius 1 is 1.29 bits per heavy atom. The van der Waals surface area contributed by atoms with Gasteiger partial charge in [0.1, 0.15) is 18.6 Å². The molecule has 0 radical (unpaired) electrons. The molecule has 0 saturated carbocycles. The Balaban J connectivity index is 1.68. The number of nitrogens with one attached hydrogen (secondary N) is 1. The molecule has 0 aliphatic heterocycles. The molecule has 3 aromatic rings. The van der Waals surface area contributed by atoms with Crippen LogP contribution in [0, 0.1) is 6.92 Å². The second kappa shape index (κ2) is 6.86. The molecule has 0 aliphatic rings. The average molecular weight is 325 g/mol. The van der Waals surface area contributed by atoms with Crippen LogP contribution in [0.2, 0.25) is 0 Å². The van der Waals surface area contributed by atoms with E-state index in [1.165, 1.54) is 18.7 Å². The molecule has 1 N–H and O–H groups in total. The predicted molar refractivity (Wildman–Crippen MR) is 84.8 cm³/mol. The SMILES string of the molecule is Cc1cc(CNC(=O)Cn2nc(-c3ccco3)ccc2=O)ncn1. The minimum Gasteiger partial charge on any atom is -0.463 e. The zero-order valence-corrected chi connectivity index (χ0v) is 13.0. The molecule has 3 aromatic heterocycles. The van der Waals surface area contributed by atoms with E-state index in [9.17, 15) is 9.59 Å². The van der Waals surface area contributed by atoms with E-state index in [4.69, 9.17) is 4.42 Å². The molecule has 8 nitrogen and oxygen atoms in total. The number of carbonyl (C=O) groups excluding carboxylic acids is 1. The fourth-order valence-corrected chi connectivity index (χ4v) is 2.11. The van der Waals surface area contributed by atoms with Gasteiger partial charge in [0.15, 0.2) is 5.76 Å². The molecule has 0 spiro atoms. The highest BCUT2D eigenvalue weighted by Crippen LogP contribution is 2.14. The van der Waals surface area contributed by atoms with Gasteiger partial charge in [-0.1, -0.05) is 0 Å². The molecule has 0 atom stereocenters. The van der Waals surface area contributed by atoms with Crippen molar-refractivity contribution < 1.29 is 9.21 Å². The maximum atomic E-state index is 12.0. The third kappa shape index (κ3) is 3.72. The highest BCUT2D eigenvalue weighted by Gasteiger charge is 2.09. The van der Waals surface area contributed by atoms with Crippen LogP contribution in [0.5, 0.6) is 0 Å². The van der Waals surface area contributed by atoms with Gasteiger partial charge < -0.3 is 9.73 Å². The molecule has 3 rings (SSSR count). The molecule has 0 saturated heterocycles. The van der Waals surface area contributed by atoms with E-state index in [-0.39, 0.29) is 24.6 Å². The lowest BCUT2D eigenvalue weighted by Gasteiger charge is -2.07. The summed E-state index contributed by atoms with van der Waals surface area (Å²) in [5.41, 5.74) is 1.64. The van der Waals surface area contributed by atoms with Crippen LogP contribution < -0.4 is 10.9 Å². The Morgan fingerprint density at radius 2 is 2.17 bits per heavy atom. The normalized spacial score (nSPS) is 10.5. The first-order valence-corrected chi connectivity index (χ1v) is 7.28. The van der Waals surface area contributed by atoms with Crippen molar-refractivity contribution in [3.63, 3.8) is 0 Å². The molecule has 3 heterocycles. The van der Waals surface area contributed by atoms with Crippen LogP contribution in [0.4, 0.5) is 0 Å². The standard InChI is InChI=1S/C16H15N5O3/c1-11-7-12(19-10-18-11)8-17-15(22)9-21-16(23)5-4-13(20-21)14-3-2-6-24-14/h2-7,10H,8-9H2,1H3,(H,17,22). The van der Waals surface area contributed by atoms with E-state index in [0.717, 1.165) is 10.4 Å².